The largest absolute Gasteiger partial charge is 0.455 e. The van der Waals surface area contributed by atoms with Gasteiger partial charge >= 0.3 is 0 Å². The number of nitrogens with zero attached hydrogens (tertiary/aromatic N) is 4. The lowest BCUT2D eigenvalue weighted by atomic mass is 9.92. The summed E-state index contributed by atoms with van der Waals surface area (Å²) in [7, 11) is 0. The summed E-state index contributed by atoms with van der Waals surface area (Å²) in [6, 6.07) is 63.3. The molecule has 2 aliphatic rings. The molecule has 7 aromatic carbocycles. The van der Waals surface area contributed by atoms with E-state index in [2.05, 4.69) is 164 Å². The quantitative estimate of drug-likeness (QED) is 0.154. The first-order valence-corrected chi connectivity index (χ1v) is 20.9. The molecule has 9 aromatic rings. The summed E-state index contributed by atoms with van der Waals surface area (Å²) in [6.45, 7) is 0. The fourth-order valence-electron chi connectivity index (χ4n) is 8.60. The molecule has 1 atom stereocenters. The molecule has 0 bridgehead atoms. The van der Waals surface area contributed by atoms with Crippen LogP contribution in [0.15, 0.2) is 220 Å². The Hall–Kier alpha value is -7.76. The van der Waals surface area contributed by atoms with Crippen molar-refractivity contribution in [1.82, 2.24) is 9.97 Å². The smallest absolute Gasteiger partial charge is 0.160 e. The molecular formula is C56H40N4O. The van der Waals surface area contributed by atoms with Gasteiger partial charge in [-0.15, -0.1) is 0 Å². The topological polar surface area (TPSA) is 63.6 Å². The van der Waals surface area contributed by atoms with E-state index in [0.29, 0.717) is 5.82 Å². The number of hydrogen-bond donors (Lipinski definition) is 0. The maximum atomic E-state index is 6.99. The highest BCUT2D eigenvalue weighted by Gasteiger charge is 2.24. The average Bonchev–Trinajstić information content (AvgIpc) is 3.74. The Morgan fingerprint density at radius 3 is 1.72 bits per heavy atom. The summed E-state index contributed by atoms with van der Waals surface area (Å²) >= 11 is 0. The van der Waals surface area contributed by atoms with E-state index in [1.807, 2.05) is 36.4 Å². The highest BCUT2D eigenvalue weighted by atomic mass is 16.3. The molecule has 1 aliphatic heterocycles. The summed E-state index contributed by atoms with van der Waals surface area (Å²) in [5.41, 5.74) is 15.2. The van der Waals surface area contributed by atoms with Gasteiger partial charge in [0.25, 0.3) is 0 Å². The normalized spacial score (nSPS) is 15.1. The van der Waals surface area contributed by atoms with Gasteiger partial charge in [0.15, 0.2) is 11.7 Å². The summed E-state index contributed by atoms with van der Waals surface area (Å²) in [5.74, 6) is 1.50. The number of benzene rings is 7. The number of aromatic nitrogens is 2. The van der Waals surface area contributed by atoms with E-state index >= 15 is 0 Å². The number of fused-ring (bicyclic) bond motifs is 3. The van der Waals surface area contributed by atoms with Crippen molar-refractivity contribution in [3.8, 4) is 56.2 Å². The van der Waals surface area contributed by atoms with Gasteiger partial charge in [-0.05, 0) is 53.3 Å². The van der Waals surface area contributed by atoms with Gasteiger partial charge in [-0.2, -0.15) is 0 Å². The van der Waals surface area contributed by atoms with Gasteiger partial charge in [0, 0.05) is 50.6 Å². The lowest BCUT2D eigenvalue weighted by Gasteiger charge is -2.22. The molecule has 0 saturated carbocycles. The number of para-hydroxylation sites is 2. The van der Waals surface area contributed by atoms with Crippen LogP contribution < -0.4 is 0 Å². The molecule has 61 heavy (non-hydrogen) atoms. The van der Waals surface area contributed by atoms with Crippen LogP contribution in [-0.2, 0) is 0 Å². The van der Waals surface area contributed by atoms with Gasteiger partial charge in [0.05, 0.1) is 23.1 Å². The second kappa shape index (κ2) is 15.8. The minimum atomic E-state index is -0.0740. The standard InChI is InChI=1S/C56H40N4O/c1-5-17-37(18-6-1)49-35-51(59-55(57-49)39-21-9-3-10-22-39)43-27-13-25-41(33-43)45-29-15-31-47-48-32-16-30-46(54(48)61-53(45)47)42-26-14-28-44(34-42)52-36-50(38-19-7-2-8-20-38)58-56(60-52)40-23-11-4-12-24-40/h1-3,5-11,13-35,52H,4,12,36H2. The third-order valence-electron chi connectivity index (χ3n) is 11.7. The van der Waals surface area contributed by atoms with Gasteiger partial charge < -0.3 is 4.42 Å². The lowest BCUT2D eigenvalue weighted by Crippen LogP contribution is -2.18. The van der Waals surface area contributed by atoms with Crippen molar-refractivity contribution >= 4 is 33.5 Å². The monoisotopic (exact) mass is 784 g/mol. The molecular weight excluding hydrogens is 745 g/mol. The number of aliphatic imine (C=N–C) groups is 2. The fraction of sp³-hybridized carbons (Fsp3) is 0.0714. The van der Waals surface area contributed by atoms with Crippen LogP contribution in [0.2, 0.25) is 0 Å². The van der Waals surface area contributed by atoms with Gasteiger partial charge in [0.1, 0.15) is 11.2 Å². The van der Waals surface area contributed by atoms with E-state index < -0.39 is 0 Å². The average molecular weight is 785 g/mol. The zero-order chi connectivity index (χ0) is 40.5. The van der Waals surface area contributed by atoms with Crippen LogP contribution in [0.4, 0.5) is 0 Å². The lowest BCUT2D eigenvalue weighted by molar-refractivity contribution is 0.671. The minimum Gasteiger partial charge on any atom is -0.455 e. The molecule has 3 heterocycles. The van der Waals surface area contributed by atoms with Crippen molar-refractivity contribution in [1.29, 1.82) is 0 Å². The Bertz CT molecular complexity index is 3160. The molecule has 2 aromatic heterocycles. The first-order chi connectivity index (χ1) is 30.2. The molecule has 0 amide bonds. The molecule has 0 saturated heterocycles. The molecule has 0 radical (unpaired) electrons. The zero-order valence-corrected chi connectivity index (χ0v) is 33.4. The van der Waals surface area contributed by atoms with Crippen LogP contribution in [0.1, 0.15) is 36.4 Å². The molecule has 11 rings (SSSR count). The van der Waals surface area contributed by atoms with Crippen LogP contribution in [0.3, 0.4) is 0 Å². The Labute approximate surface area is 354 Å². The van der Waals surface area contributed by atoms with E-state index in [1.165, 1.54) is 0 Å². The maximum Gasteiger partial charge on any atom is 0.160 e. The van der Waals surface area contributed by atoms with E-state index in [1.54, 1.807) is 0 Å². The predicted octanol–water partition coefficient (Wildman–Crippen LogP) is 14.3. The van der Waals surface area contributed by atoms with Gasteiger partial charge in [-0.3, -0.25) is 4.99 Å². The molecule has 0 N–H and O–H groups in total. The van der Waals surface area contributed by atoms with Crippen molar-refractivity contribution in [2.75, 3.05) is 0 Å². The van der Waals surface area contributed by atoms with Gasteiger partial charge in [-0.1, -0.05) is 182 Å². The second-order valence-electron chi connectivity index (χ2n) is 15.6. The van der Waals surface area contributed by atoms with Crippen LogP contribution in [0, 0.1) is 0 Å². The van der Waals surface area contributed by atoms with Crippen LogP contribution in [0.25, 0.3) is 78.1 Å². The molecule has 1 unspecified atom stereocenters. The van der Waals surface area contributed by atoms with E-state index in [-0.39, 0.29) is 6.04 Å². The number of allylic oxidation sites excluding steroid dienone is 2. The Morgan fingerprint density at radius 1 is 0.475 bits per heavy atom. The fourth-order valence-corrected chi connectivity index (χ4v) is 8.60. The third kappa shape index (κ3) is 7.10. The number of hydrogen-bond acceptors (Lipinski definition) is 5. The van der Waals surface area contributed by atoms with Gasteiger partial charge in [-0.25, -0.2) is 15.0 Å². The number of furan rings is 1. The maximum absolute atomic E-state index is 6.99. The molecule has 5 heteroatoms. The number of amidine groups is 1. The van der Waals surface area contributed by atoms with Crippen molar-refractivity contribution in [3.63, 3.8) is 0 Å². The summed E-state index contributed by atoms with van der Waals surface area (Å²) in [5, 5.41) is 2.16. The molecule has 290 valence electrons. The van der Waals surface area contributed by atoms with Crippen LogP contribution >= 0.6 is 0 Å². The highest BCUT2D eigenvalue weighted by Crippen LogP contribution is 2.42. The second-order valence-corrected chi connectivity index (χ2v) is 15.6. The predicted molar refractivity (Wildman–Crippen MR) is 251 cm³/mol. The van der Waals surface area contributed by atoms with Crippen molar-refractivity contribution in [3.05, 3.63) is 217 Å². The molecule has 5 nitrogen and oxygen atoms in total. The summed E-state index contributed by atoms with van der Waals surface area (Å²) < 4.78 is 6.99. The minimum absolute atomic E-state index is 0.0740. The zero-order valence-electron chi connectivity index (χ0n) is 33.4. The van der Waals surface area contributed by atoms with E-state index in [0.717, 1.165) is 120 Å². The highest BCUT2D eigenvalue weighted by molar-refractivity contribution is 6.15. The molecule has 1 aliphatic carbocycles. The third-order valence-corrected chi connectivity index (χ3v) is 11.7. The van der Waals surface area contributed by atoms with Crippen molar-refractivity contribution < 1.29 is 4.42 Å². The molecule has 0 fully saturated rings. The number of rotatable bonds is 8. The van der Waals surface area contributed by atoms with Crippen molar-refractivity contribution in [2.24, 2.45) is 9.98 Å². The van der Waals surface area contributed by atoms with E-state index in [4.69, 9.17) is 24.4 Å². The van der Waals surface area contributed by atoms with Crippen LogP contribution in [0.5, 0.6) is 0 Å². The summed E-state index contributed by atoms with van der Waals surface area (Å²) in [6.07, 6.45) is 9.42. The van der Waals surface area contributed by atoms with Gasteiger partial charge in [0.2, 0.25) is 0 Å². The Kier molecular flexibility index (Phi) is 9.40. The Morgan fingerprint density at radius 2 is 1.05 bits per heavy atom. The first-order valence-electron chi connectivity index (χ1n) is 20.9. The van der Waals surface area contributed by atoms with Crippen LogP contribution in [-0.4, -0.2) is 21.5 Å². The van der Waals surface area contributed by atoms with E-state index in [9.17, 15) is 0 Å². The Balaban J connectivity index is 0.978. The van der Waals surface area contributed by atoms with Crippen molar-refractivity contribution in [2.45, 2.75) is 25.3 Å². The SMILES string of the molecule is C1=CC(C2=NC(c3cccc(-c4cccc5c4oc4c(-c6cccc(-c7cc(-c8ccccc8)nc(-c8ccccc8)n7)c6)cccc45)c3)CC(c3ccccc3)=N2)=CCC1. The summed E-state index contributed by atoms with van der Waals surface area (Å²) in [4.78, 5) is 20.5. The molecule has 0 spiro atoms. The first kappa shape index (κ1) is 36.3.